The summed E-state index contributed by atoms with van der Waals surface area (Å²) in [4.78, 5) is 41.7. The van der Waals surface area contributed by atoms with Crippen molar-refractivity contribution in [3.8, 4) is 0 Å². The topological polar surface area (TPSA) is 90.3 Å². The fraction of sp³-hybridized carbons (Fsp3) is 0.333. The summed E-state index contributed by atoms with van der Waals surface area (Å²) in [6, 6.07) is 10.5. The number of carbonyl (C=O) groups excluding carboxylic acids is 2. The van der Waals surface area contributed by atoms with Gasteiger partial charge in [-0.1, -0.05) is 18.2 Å². The Hall–Kier alpha value is -3.48. The number of aryl methyl sites for hydroxylation is 3. The number of amides is 1. The van der Waals surface area contributed by atoms with E-state index in [-0.39, 0.29) is 29.7 Å². The Kier molecular flexibility index (Phi) is 5.59. The number of hydrogen-bond donors (Lipinski definition) is 1. The molecule has 2 aromatic carbocycles. The molecule has 1 aromatic heterocycles. The third-order valence-electron chi connectivity index (χ3n) is 5.79. The molecule has 1 atom stereocenters. The number of aromatic nitrogens is 2. The monoisotopic (exact) mass is 419 g/mol. The number of nitrogens with one attached hydrogen (secondary N) is 1. The van der Waals surface area contributed by atoms with Crippen LogP contribution in [0.5, 0.6) is 0 Å². The van der Waals surface area contributed by atoms with Gasteiger partial charge in [0, 0.05) is 13.0 Å². The van der Waals surface area contributed by atoms with Crippen molar-refractivity contribution in [2.75, 3.05) is 6.61 Å². The highest BCUT2D eigenvalue weighted by Crippen LogP contribution is 2.18. The number of rotatable bonds is 5. The minimum atomic E-state index is -0.627. The lowest BCUT2D eigenvalue weighted by atomic mass is 10.0. The Bertz CT molecular complexity index is 1250. The van der Waals surface area contributed by atoms with Gasteiger partial charge in [-0.15, -0.1) is 0 Å². The molecule has 0 aliphatic carbocycles. The number of esters is 1. The number of fused-ring (bicyclic) bond motifs is 2. The molecule has 2 heterocycles. The fourth-order valence-corrected chi connectivity index (χ4v) is 3.83. The SMILES string of the molecule is Cc1ccc([C@@H](C)NC(=O)COC(=O)c2ccc3c(=O)n4c(nc3c2)CCC4)cc1C. The van der Waals surface area contributed by atoms with Crippen LogP contribution in [0.4, 0.5) is 0 Å². The normalized spacial score (nSPS) is 13.6. The molecular formula is C24H25N3O4. The molecule has 0 unspecified atom stereocenters. The van der Waals surface area contributed by atoms with Crippen LogP contribution in [0, 0.1) is 13.8 Å². The summed E-state index contributed by atoms with van der Waals surface area (Å²) in [6.07, 6.45) is 1.64. The van der Waals surface area contributed by atoms with E-state index in [2.05, 4.69) is 10.3 Å². The van der Waals surface area contributed by atoms with Crippen molar-refractivity contribution in [1.82, 2.24) is 14.9 Å². The lowest BCUT2D eigenvalue weighted by Gasteiger charge is -2.16. The van der Waals surface area contributed by atoms with E-state index >= 15 is 0 Å². The Morgan fingerprint density at radius 2 is 1.97 bits per heavy atom. The van der Waals surface area contributed by atoms with Crippen LogP contribution in [0.1, 0.15) is 52.3 Å². The van der Waals surface area contributed by atoms with Crippen LogP contribution in [0.25, 0.3) is 10.9 Å². The van der Waals surface area contributed by atoms with E-state index in [9.17, 15) is 14.4 Å². The van der Waals surface area contributed by atoms with Crippen LogP contribution in [-0.4, -0.2) is 28.0 Å². The minimum absolute atomic E-state index is 0.0860. The zero-order valence-electron chi connectivity index (χ0n) is 17.9. The second kappa shape index (κ2) is 8.34. The minimum Gasteiger partial charge on any atom is -0.452 e. The first-order chi connectivity index (χ1) is 14.8. The Balaban J connectivity index is 1.40. The molecule has 1 N–H and O–H groups in total. The number of benzene rings is 2. The fourth-order valence-electron chi connectivity index (χ4n) is 3.83. The molecule has 0 fully saturated rings. The largest absolute Gasteiger partial charge is 0.452 e. The zero-order valence-corrected chi connectivity index (χ0v) is 17.9. The van der Waals surface area contributed by atoms with Crippen LogP contribution < -0.4 is 10.9 Å². The van der Waals surface area contributed by atoms with E-state index in [1.807, 2.05) is 39.0 Å². The van der Waals surface area contributed by atoms with Crippen LogP contribution in [0.15, 0.2) is 41.2 Å². The van der Waals surface area contributed by atoms with Gasteiger partial charge in [-0.25, -0.2) is 9.78 Å². The van der Waals surface area contributed by atoms with E-state index in [0.717, 1.165) is 29.8 Å². The first kappa shape index (κ1) is 20.8. The molecule has 7 heteroatoms. The predicted octanol–water partition coefficient (Wildman–Crippen LogP) is 2.99. The van der Waals surface area contributed by atoms with Crippen LogP contribution >= 0.6 is 0 Å². The maximum Gasteiger partial charge on any atom is 0.338 e. The highest BCUT2D eigenvalue weighted by atomic mass is 16.5. The second-order valence-corrected chi connectivity index (χ2v) is 8.03. The third-order valence-corrected chi connectivity index (χ3v) is 5.79. The van der Waals surface area contributed by atoms with Gasteiger partial charge in [0.15, 0.2) is 6.61 Å². The first-order valence-corrected chi connectivity index (χ1v) is 10.4. The molecule has 160 valence electrons. The van der Waals surface area contributed by atoms with Gasteiger partial charge in [-0.05, 0) is 62.1 Å². The number of ether oxygens (including phenoxy) is 1. The van der Waals surface area contributed by atoms with E-state index < -0.39 is 5.97 Å². The van der Waals surface area contributed by atoms with Crippen molar-refractivity contribution < 1.29 is 14.3 Å². The third kappa shape index (κ3) is 4.21. The summed E-state index contributed by atoms with van der Waals surface area (Å²) < 4.78 is 6.86. The Morgan fingerprint density at radius 3 is 2.74 bits per heavy atom. The molecular weight excluding hydrogens is 394 g/mol. The second-order valence-electron chi connectivity index (χ2n) is 8.03. The summed E-state index contributed by atoms with van der Waals surface area (Å²) in [5.41, 5.74) is 3.98. The van der Waals surface area contributed by atoms with Crippen molar-refractivity contribution in [2.45, 2.75) is 46.2 Å². The highest BCUT2D eigenvalue weighted by Gasteiger charge is 2.18. The summed E-state index contributed by atoms with van der Waals surface area (Å²) in [7, 11) is 0. The maximum atomic E-state index is 12.5. The van der Waals surface area contributed by atoms with Crippen LogP contribution in [0.2, 0.25) is 0 Å². The van der Waals surface area contributed by atoms with E-state index in [1.165, 1.54) is 11.6 Å². The molecule has 0 spiro atoms. The lowest BCUT2D eigenvalue weighted by molar-refractivity contribution is -0.124. The van der Waals surface area contributed by atoms with E-state index in [1.54, 1.807) is 16.7 Å². The van der Waals surface area contributed by atoms with Gasteiger partial charge in [0.1, 0.15) is 5.82 Å². The average molecular weight is 419 g/mol. The van der Waals surface area contributed by atoms with Gasteiger partial charge in [0.05, 0.1) is 22.5 Å². The van der Waals surface area contributed by atoms with Gasteiger partial charge >= 0.3 is 5.97 Å². The molecule has 31 heavy (non-hydrogen) atoms. The first-order valence-electron chi connectivity index (χ1n) is 10.4. The summed E-state index contributed by atoms with van der Waals surface area (Å²) >= 11 is 0. The van der Waals surface area contributed by atoms with Gasteiger partial charge < -0.3 is 10.1 Å². The van der Waals surface area contributed by atoms with Gasteiger partial charge in [-0.2, -0.15) is 0 Å². The van der Waals surface area contributed by atoms with Gasteiger partial charge in [0.2, 0.25) is 0 Å². The molecule has 0 bridgehead atoms. The lowest BCUT2D eigenvalue weighted by Crippen LogP contribution is -2.31. The Morgan fingerprint density at radius 1 is 1.16 bits per heavy atom. The van der Waals surface area contributed by atoms with Crippen molar-refractivity contribution >= 4 is 22.8 Å². The molecule has 7 nitrogen and oxygen atoms in total. The number of hydrogen-bond acceptors (Lipinski definition) is 5. The molecule has 1 aliphatic rings. The number of nitrogens with zero attached hydrogens (tertiary/aromatic N) is 2. The summed E-state index contributed by atoms with van der Waals surface area (Å²) in [6.45, 7) is 6.24. The summed E-state index contributed by atoms with van der Waals surface area (Å²) in [5, 5.41) is 3.32. The molecule has 0 radical (unpaired) electrons. The highest BCUT2D eigenvalue weighted by molar-refractivity contribution is 5.95. The average Bonchev–Trinajstić information content (AvgIpc) is 3.22. The van der Waals surface area contributed by atoms with Crippen molar-refractivity contribution in [3.63, 3.8) is 0 Å². The molecule has 1 amide bonds. The van der Waals surface area contributed by atoms with E-state index in [4.69, 9.17) is 4.74 Å². The van der Waals surface area contributed by atoms with Crippen LogP contribution in [-0.2, 0) is 22.5 Å². The predicted molar refractivity (Wildman–Crippen MR) is 117 cm³/mol. The van der Waals surface area contributed by atoms with E-state index in [0.29, 0.717) is 17.4 Å². The molecule has 4 rings (SSSR count). The maximum absolute atomic E-state index is 12.5. The zero-order chi connectivity index (χ0) is 22.1. The quantitative estimate of drug-likeness (QED) is 0.642. The Labute approximate surface area is 180 Å². The number of carbonyl (C=O) groups is 2. The van der Waals surface area contributed by atoms with Crippen molar-refractivity contribution in [3.05, 3.63) is 74.8 Å². The molecule has 0 saturated carbocycles. The van der Waals surface area contributed by atoms with Gasteiger partial charge in [0.25, 0.3) is 11.5 Å². The molecule has 0 saturated heterocycles. The van der Waals surface area contributed by atoms with Crippen molar-refractivity contribution in [2.24, 2.45) is 0 Å². The molecule has 3 aromatic rings. The summed E-state index contributed by atoms with van der Waals surface area (Å²) in [5.74, 6) is -0.268. The smallest absolute Gasteiger partial charge is 0.338 e. The standard InChI is InChI=1S/C24H25N3O4/c1-14-6-7-17(11-15(14)2)16(3)25-22(28)13-31-24(30)18-8-9-19-20(12-18)26-21-5-4-10-27(21)23(19)29/h6-9,11-12,16H,4-5,10,13H2,1-3H3,(H,25,28)/t16-/m1/s1. The van der Waals surface area contributed by atoms with Gasteiger partial charge in [-0.3, -0.25) is 14.2 Å². The molecule has 1 aliphatic heterocycles. The van der Waals surface area contributed by atoms with Crippen molar-refractivity contribution in [1.29, 1.82) is 0 Å². The van der Waals surface area contributed by atoms with Crippen LogP contribution in [0.3, 0.4) is 0 Å².